The van der Waals surface area contributed by atoms with Crippen LogP contribution in [0.2, 0.25) is 0 Å². The summed E-state index contributed by atoms with van der Waals surface area (Å²) in [5.41, 5.74) is 0.879. The largest absolute Gasteiger partial charge is 0.389 e. The number of hydrogen-bond acceptors (Lipinski definition) is 3. The summed E-state index contributed by atoms with van der Waals surface area (Å²) in [6, 6.07) is 7.42. The van der Waals surface area contributed by atoms with Gasteiger partial charge in [0, 0.05) is 31.1 Å². The zero-order chi connectivity index (χ0) is 14.3. The maximum atomic E-state index is 12.0. The molecule has 108 valence electrons. The van der Waals surface area contributed by atoms with Gasteiger partial charge in [-0.15, -0.1) is 11.8 Å². The smallest absolute Gasteiger partial charge is 0.352 e. The van der Waals surface area contributed by atoms with Crippen molar-refractivity contribution in [3.63, 3.8) is 0 Å². The second kappa shape index (κ2) is 7.77. The molecule has 0 saturated heterocycles. The van der Waals surface area contributed by atoms with E-state index in [0.717, 1.165) is 10.5 Å². The summed E-state index contributed by atoms with van der Waals surface area (Å²) in [4.78, 5) is 0.942. The average molecular weight is 294 g/mol. The summed E-state index contributed by atoms with van der Waals surface area (Å²) in [5.74, 6) is 0.455. The molecule has 0 unspecified atom stereocenters. The van der Waals surface area contributed by atoms with Crippen molar-refractivity contribution in [1.82, 2.24) is 0 Å². The topological polar surface area (TPSA) is 18.5 Å². The molecule has 0 N–H and O–H groups in total. The Morgan fingerprint density at radius 3 is 2.16 bits per heavy atom. The van der Waals surface area contributed by atoms with E-state index in [2.05, 4.69) is 0 Å². The van der Waals surface area contributed by atoms with Crippen molar-refractivity contribution in [3.05, 3.63) is 29.8 Å². The molecule has 0 atom stereocenters. The average Bonchev–Trinajstić information content (AvgIpc) is 2.37. The molecular weight excluding hydrogens is 277 g/mol. The molecule has 0 aliphatic carbocycles. The fourth-order valence-corrected chi connectivity index (χ4v) is 2.41. The van der Waals surface area contributed by atoms with Crippen molar-refractivity contribution < 1.29 is 22.6 Å². The third kappa shape index (κ3) is 6.31. The Morgan fingerprint density at radius 1 is 1.11 bits per heavy atom. The van der Waals surface area contributed by atoms with Crippen LogP contribution in [0.25, 0.3) is 0 Å². The molecule has 1 rings (SSSR count). The summed E-state index contributed by atoms with van der Waals surface area (Å²) in [5, 5.41) is 0. The van der Waals surface area contributed by atoms with Crippen molar-refractivity contribution in [3.8, 4) is 0 Å². The van der Waals surface area contributed by atoms with Gasteiger partial charge in [-0.1, -0.05) is 12.1 Å². The van der Waals surface area contributed by atoms with E-state index < -0.39 is 18.9 Å². The van der Waals surface area contributed by atoms with Gasteiger partial charge in [0.25, 0.3) is 0 Å². The molecule has 1 aromatic rings. The summed E-state index contributed by atoms with van der Waals surface area (Å²) < 4.78 is 46.1. The fraction of sp³-hybridized carbons (Fsp3) is 0.538. The lowest BCUT2D eigenvalue weighted by Crippen LogP contribution is -2.06. The minimum absolute atomic E-state index is 0.134. The van der Waals surface area contributed by atoms with E-state index in [1.807, 2.05) is 24.3 Å². The van der Waals surface area contributed by atoms with Crippen LogP contribution in [-0.2, 0) is 9.47 Å². The van der Waals surface area contributed by atoms with E-state index in [1.165, 1.54) is 11.8 Å². The molecule has 0 heterocycles. The van der Waals surface area contributed by atoms with E-state index in [1.54, 1.807) is 14.2 Å². The molecule has 0 bridgehead atoms. The summed E-state index contributed by atoms with van der Waals surface area (Å²) in [7, 11) is 3.10. The van der Waals surface area contributed by atoms with E-state index >= 15 is 0 Å². The van der Waals surface area contributed by atoms with Crippen LogP contribution in [-0.4, -0.2) is 26.1 Å². The van der Waals surface area contributed by atoms with Gasteiger partial charge in [-0.2, -0.15) is 13.2 Å². The molecule has 0 aliphatic rings. The molecule has 0 saturated carbocycles. The Morgan fingerprint density at radius 2 is 1.68 bits per heavy atom. The van der Waals surface area contributed by atoms with Crippen LogP contribution in [0.5, 0.6) is 0 Å². The van der Waals surface area contributed by atoms with Gasteiger partial charge in [0.15, 0.2) is 6.29 Å². The number of rotatable bonds is 7. The highest BCUT2D eigenvalue weighted by Gasteiger charge is 2.25. The quantitative estimate of drug-likeness (QED) is 0.421. The standard InChI is InChI=1S/C13H17F3O2S/c1-17-12(18-2)10-4-6-11(7-5-10)19-9-3-8-13(14,15)16/h4-7,12H,3,8-9H2,1-2H3. The lowest BCUT2D eigenvalue weighted by Gasteiger charge is -2.13. The van der Waals surface area contributed by atoms with Gasteiger partial charge in [0.1, 0.15) is 0 Å². The third-order valence-electron chi connectivity index (χ3n) is 2.45. The number of methoxy groups -OCH3 is 2. The van der Waals surface area contributed by atoms with Crippen LogP contribution >= 0.6 is 11.8 Å². The fourth-order valence-electron chi connectivity index (χ4n) is 1.55. The van der Waals surface area contributed by atoms with Gasteiger partial charge in [-0.05, 0) is 24.3 Å². The summed E-state index contributed by atoms with van der Waals surface area (Å²) in [6.45, 7) is 0. The number of halogens is 3. The van der Waals surface area contributed by atoms with Crippen LogP contribution in [0.3, 0.4) is 0 Å². The Kier molecular flexibility index (Phi) is 6.68. The molecule has 0 aliphatic heterocycles. The minimum atomic E-state index is -4.06. The number of alkyl halides is 3. The first-order valence-corrected chi connectivity index (χ1v) is 6.80. The maximum Gasteiger partial charge on any atom is 0.389 e. The van der Waals surface area contributed by atoms with Crippen molar-refractivity contribution in [1.29, 1.82) is 0 Å². The molecule has 2 nitrogen and oxygen atoms in total. The van der Waals surface area contributed by atoms with E-state index in [-0.39, 0.29) is 6.42 Å². The molecule has 0 aromatic heterocycles. The first-order chi connectivity index (χ1) is 8.96. The minimum Gasteiger partial charge on any atom is -0.352 e. The summed E-state index contributed by atoms with van der Waals surface area (Å²) in [6.07, 6.45) is -5.07. The number of benzene rings is 1. The predicted octanol–water partition coefficient (Wildman–Crippen LogP) is 4.41. The van der Waals surface area contributed by atoms with Crippen molar-refractivity contribution >= 4 is 11.8 Å². The van der Waals surface area contributed by atoms with Gasteiger partial charge < -0.3 is 9.47 Å². The molecule has 6 heteroatoms. The second-order valence-electron chi connectivity index (χ2n) is 3.94. The highest BCUT2D eigenvalue weighted by molar-refractivity contribution is 7.99. The Balaban J connectivity index is 2.40. The molecule has 0 amide bonds. The Bertz CT molecular complexity index is 361. The van der Waals surface area contributed by atoms with Gasteiger partial charge in [-0.3, -0.25) is 0 Å². The van der Waals surface area contributed by atoms with E-state index in [0.29, 0.717) is 5.75 Å². The van der Waals surface area contributed by atoms with Crippen molar-refractivity contribution in [2.45, 2.75) is 30.2 Å². The molecule has 0 fully saturated rings. The van der Waals surface area contributed by atoms with Crippen LogP contribution in [0.4, 0.5) is 13.2 Å². The lowest BCUT2D eigenvalue weighted by molar-refractivity contribution is -0.134. The highest BCUT2D eigenvalue weighted by atomic mass is 32.2. The van der Waals surface area contributed by atoms with Crippen LogP contribution in [0.1, 0.15) is 24.7 Å². The zero-order valence-electron chi connectivity index (χ0n) is 10.9. The first-order valence-electron chi connectivity index (χ1n) is 5.81. The lowest BCUT2D eigenvalue weighted by atomic mass is 10.2. The van der Waals surface area contributed by atoms with Crippen LogP contribution in [0.15, 0.2) is 29.2 Å². The van der Waals surface area contributed by atoms with E-state index in [4.69, 9.17) is 9.47 Å². The molecule has 19 heavy (non-hydrogen) atoms. The number of thioether (sulfide) groups is 1. The second-order valence-corrected chi connectivity index (χ2v) is 5.11. The maximum absolute atomic E-state index is 12.0. The Hall–Kier alpha value is -0.720. The van der Waals surface area contributed by atoms with Crippen LogP contribution in [0, 0.1) is 0 Å². The molecule has 0 spiro atoms. The zero-order valence-corrected chi connectivity index (χ0v) is 11.7. The molecular formula is C13H17F3O2S. The SMILES string of the molecule is COC(OC)c1ccc(SCCCC(F)(F)F)cc1. The normalized spacial score (nSPS) is 12.1. The Labute approximate surface area is 115 Å². The molecule has 0 radical (unpaired) electrons. The highest BCUT2D eigenvalue weighted by Crippen LogP contribution is 2.26. The van der Waals surface area contributed by atoms with Gasteiger partial charge in [0.05, 0.1) is 0 Å². The van der Waals surface area contributed by atoms with Gasteiger partial charge in [0.2, 0.25) is 0 Å². The summed E-state index contributed by atoms with van der Waals surface area (Å²) >= 11 is 1.42. The first kappa shape index (κ1) is 16.3. The van der Waals surface area contributed by atoms with Crippen molar-refractivity contribution in [2.24, 2.45) is 0 Å². The molecule has 1 aromatic carbocycles. The monoisotopic (exact) mass is 294 g/mol. The van der Waals surface area contributed by atoms with Crippen LogP contribution < -0.4 is 0 Å². The van der Waals surface area contributed by atoms with Gasteiger partial charge in [-0.25, -0.2) is 0 Å². The number of ether oxygens (including phenoxy) is 2. The number of hydrogen-bond donors (Lipinski definition) is 0. The van der Waals surface area contributed by atoms with E-state index in [9.17, 15) is 13.2 Å². The third-order valence-corrected chi connectivity index (χ3v) is 3.55. The van der Waals surface area contributed by atoms with Crippen molar-refractivity contribution in [2.75, 3.05) is 20.0 Å². The predicted molar refractivity (Wildman–Crippen MR) is 69.2 cm³/mol. The van der Waals surface area contributed by atoms with Gasteiger partial charge >= 0.3 is 6.18 Å².